The van der Waals surface area contributed by atoms with Crippen LogP contribution in [0.15, 0.2) is 0 Å². The summed E-state index contributed by atoms with van der Waals surface area (Å²) in [7, 11) is 0. The third-order valence-corrected chi connectivity index (χ3v) is 0.985. The van der Waals surface area contributed by atoms with Gasteiger partial charge < -0.3 is 0 Å². The maximum Gasteiger partial charge on any atom is 0.158 e. The highest BCUT2D eigenvalue weighted by Gasteiger charge is 2.46. The third kappa shape index (κ3) is 0.595. The van der Waals surface area contributed by atoms with Gasteiger partial charge in [-0.15, -0.1) is 8.96 Å². The van der Waals surface area contributed by atoms with Crippen LogP contribution in [0.1, 0.15) is 13.3 Å². The molecule has 0 aromatic rings. The van der Waals surface area contributed by atoms with Crippen molar-refractivity contribution in [3.8, 4) is 0 Å². The lowest BCUT2D eigenvalue weighted by Crippen LogP contribution is -1.84. The summed E-state index contributed by atoms with van der Waals surface area (Å²) >= 11 is 0. The van der Waals surface area contributed by atoms with Gasteiger partial charge in [0.05, 0.1) is 0 Å². The molecule has 4 heteroatoms. The normalized spacial score (nSPS) is 49.3. The maximum absolute atomic E-state index is 11.6. The molecule has 2 unspecified atom stereocenters. The van der Waals surface area contributed by atoms with Crippen molar-refractivity contribution in [2.75, 3.05) is 0 Å². The Kier molecular flexibility index (Phi) is 0.972. The summed E-state index contributed by atoms with van der Waals surface area (Å²) in [6, 6.07) is 0. The average Bonchev–Trinajstić information content (AvgIpc) is 2.17. The van der Waals surface area contributed by atoms with Gasteiger partial charge in [0.2, 0.25) is 0 Å². The monoisotopic (exact) mass is 108 g/mol. The van der Waals surface area contributed by atoms with Gasteiger partial charge in [-0.3, -0.25) is 0 Å². The fraction of sp³-hybridized carbons (Fsp3) is 1.00. The first-order valence-electron chi connectivity index (χ1n) is 2.17. The highest BCUT2D eigenvalue weighted by molar-refractivity contribution is 4.65. The van der Waals surface area contributed by atoms with E-state index in [1.165, 1.54) is 0 Å². The van der Waals surface area contributed by atoms with Crippen LogP contribution in [0.5, 0.6) is 0 Å². The summed E-state index contributed by atoms with van der Waals surface area (Å²) in [6.07, 6.45) is -0.104. The molecule has 0 aromatic heterocycles. The fourth-order valence-corrected chi connectivity index (χ4v) is 0.466. The zero-order chi connectivity index (χ0) is 5.44. The van der Waals surface area contributed by atoms with E-state index in [1.807, 2.05) is 0 Å². The van der Waals surface area contributed by atoms with Crippen LogP contribution in [-0.4, -0.2) is 16.6 Å². The van der Waals surface area contributed by atoms with Crippen molar-refractivity contribution in [3.05, 3.63) is 0 Å². The Balaban J connectivity index is 2.24. The molecule has 1 saturated heterocycles. The van der Waals surface area contributed by atoms with Crippen LogP contribution in [0, 0.1) is 0 Å². The van der Waals surface area contributed by atoms with Crippen LogP contribution in [0.2, 0.25) is 0 Å². The molecule has 0 spiro atoms. The molecular weight excluding hydrogens is 102 g/mol. The number of nitrogens with zero attached hydrogens (tertiary/aromatic N) is 2. The van der Waals surface area contributed by atoms with Crippen molar-refractivity contribution >= 4 is 0 Å². The second kappa shape index (κ2) is 1.38. The van der Waals surface area contributed by atoms with Crippen LogP contribution in [-0.2, 0) is 0 Å². The number of hydrogen-bond donors (Lipinski definition) is 0. The molecule has 1 aliphatic rings. The van der Waals surface area contributed by atoms with E-state index in [1.54, 1.807) is 6.92 Å². The lowest BCUT2D eigenvalue weighted by Gasteiger charge is -1.72. The van der Waals surface area contributed by atoms with E-state index in [9.17, 15) is 8.96 Å². The average molecular weight is 108 g/mol. The predicted octanol–water partition coefficient (Wildman–Crippen LogP) is 1.02. The molecule has 1 heterocycles. The minimum absolute atomic E-state index is 0.0556. The minimum Gasteiger partial charge on any atom is -0.114 e. The first kappa shape index (κ1) is 4.93. The van der Waals surface area contributed by atoms with E-state index < -0.39 is 6.17 Å². The van der Waals surface area contributed by atoms with Crippen molar-refractivity contribution in [1.82, 2.24) is 10.5 Å². The van der Waals surface area contributed by atoms with Crippen LogP contribution in [0.4, 0.5) is 8.96 Å². The molecule has 0 amide bonds. The Labute approximate surface area is 40.2 Å². The number of rotatable bonds is 1. The van der Waals surface area contributed by atoms with Crippen LogP contribution >= 0.6 is 0 Å². The van der Waals surface area contributed by atoms with Gasteiger partial charge in [-0.25, -0.2) is 0 Å². The summed E-state index contributed by atoms with van der Waals surface area (Å²) in [5.74, 6) is 0. The van der Waals surface area contributed by atoms with Gasteiger partial charge in [0.25, 0.3) is 0 Å². The van der Waals surface area contributed by atoms with Gasteiger partial charge >= 0.3 is 0 Å². The Morgan fingerprint density at radius 3 is 1.86 bits per heavy atom. The molecule has 42 valence electrons. The molecular formula is C3H6F2N2. The maximum atomic E-state index is 11.6. The van der Waals surface area contributed by atoms with E-state index in [2.05, 4.69) is 0 Å². The molecule has 7 heavy (non-hydrogen) atoms. The van der Waals surface area contributed by atoms with Crippen LogP contribution in [0.3, 0.4) is 0 Å². The second-order valence-electron chi connectivity index (χ2n) is 1.47. The molecule has 3 atom stereocenters. The van der Waals surface area contributed by atoms with Gasteiger partial charge in [0.1, 0.15) is 0 Å². The molecule has 1 fully saturated rings. The lowest BCUT2D eigenvalue weighted by molar-refractivity contribution is -0.0349. The van der Waals surface area contributed by atoms with Gasteiger partial charge in [0.15, 0.2) is 6.17 Å². The molecule has 1 aliphatic heterocycles. The quantitative estimate of drug-likeness (QED) is 0.365. The zero-order valence-electron chi connectivity index (χ0n) is 3.93. The van der Waals surface area contributed by atoms with E-state index in [0.29, 0.717) is 6.42 Å². The number of halogens is 2. The molecule has 2 nitrogen and oxygen atoms in total. The Hall–Kier alpha value is -0.220. The van der Waals surface area contributed by atoms with Crippen molar-refractivity contribution < 1.29 is 8.96 Å². The molecule has 0 aliphatic carbocycles. The highest BCUT2D eigenvalue weighted by Crippen LogP contribution is 2.28. The Morgan fingerprint density at radius 1 is 1.43 bits per heavy atom. The van der Waals surface area contributed by atoms with Gasteiger partial charge in [-0.05, 0) is 16.9 Å². The first-order valence-corrected chi connectivity index (χ1v) is 2.17. The zero-order valence-corrected chi connectivity index (χ0v) is 3.93. The van der Waals surface area contributed by atoms with E-state index in [0.717, 1.165) is 0 Å². The molecule has 1 rings (SSSR count). The van der Waals surface area contributed by atoms with Gasteiger partial charge in [0, 0.05) is 0 Å². The molecule has 0 radical (unpaired) electrons. The van der Waals surface area contributed by atoms with E-state index >= 15 is 0 Å². The molecule has 0 aromatic carbocycles. The molecule has 0 saturated carbocycles. The standard InChI is InChI=1S/C3H6F2N2/c1-2-3-6(4)7(3)5/h3H,2H2,1H3/t3?,6-,7?/m1/s1. The largest absolute Gasteiger partial charge is 0.158 e. The second-order valence-corrected chi connectivity index (χ2v) is 1.47. The molecule has 0 bridgehead atoms. The predicted molar refractivity (Wildman–Crippen MR) is 20.0 cm³/mol. The first-order chi connectivity index (χ1) is 3.27. The van der Waals surface area contributed by atoms with Gasteiger partial charge in [-0.1, -0.05) is 6.92 Å². The smallest absolute Gasteiger partial charge is 0.114 e. The van der Waals surface area contributed by atoms with Crippen molar-refractivity contribution in [3.63, 3.8) is 0 Å². The lowest BCUT2D eigenvalue weighted by atomic mass is 10.5. The number of hydrazine groups is 1. The fourth-order valence-electron chi connectivity index (χ4n) is 0.466. The Bertz CT molecular complexity index is 69.3. The van der Waals surface area contributed by atoms with Crippen LogP contribution in [0.25, 0.3) is 0 Å². The molecule has 0 N–H and O–H groups in total. The summed E-state index contributed by atoms with van der Waals surface area (Å²) in [5, 5.41) is 0.111. The topological polar surface area (TPSA) is 6.02 Å². The minimum atomic E-state index is -0.597. The van der Waals surface area contributed by atoms with Crippen molar-refractivity contribution in [2.24, 2.45) is 0 Å². The van der Waals surface area contributed by atoms with E-state index in [4.69, 9.17) is 0 Å². The Morgan fingerprint density at radius 2 is 1.86 bits per heavy atom. The van der Waals surface area contributed by atoms with Crippen molar-refractivity contribution in [1.29, 1.82) is 0 Å². The summed E-state index contributed by atoms with van der Waals surface area (Å²) in [4.78, 5) is 0. The summed E-state index contributed by atoms with van der Waals surface area (Å²) in [6.45, 7) is 1.72. The third-order valence-electron chi connectivity index (χ3n) is 0.985. The number of hydrogen-bond acceptors (Lipinski definition) is 2. The van der Waals surface area contributed by atoms with Crippen molar-refractivity contribution in [2.45, 2.75) is 19.5 Å². The summed E-state index contributed by atoms with van der Waals surface area (Å²) in [5.41, 5.74) is 0. The summed E-state index contributed by atoms with van der Waals surface area (Å²) < 4.78 is 23.1. The van der Waals surface area contributed by atoms with E-state index in [-0.39, 0.29) is 10.5 Å². The van der Waals surface area contributed by atoms with Gasteiger partial charge in [-0.2, -0.15) is 0 Å². The highest BCUT2D eigenvalue weighted by atomic mass is 19.3. The SMILES string of the molecule is CCC1N(F)[N@@]1F. The van der Waals surface area contributed by atoms with Crippen LogP contribution < -0.4 is 0 Å².